The first kappa shape index (κ1) is 18.4. The fourth-order valence-corrected chi connectivity index (χ4v) is 4.85. The molecule has 0 aliphatic carbocycles. The van der Waals surface area contributed by atoms with Crippen LogP contribution in [0.15, 0.2) is 42.5 Å². The minimum Gasteiger partial charge on any atom is -0.454 e. The summed E-state index contributed by atoms with van der Waals surface area (Å²) in [4.78, 5) is 19.8. The van der Waals surface area contributed by atoms with Gasteiger partial charge in [0.2, 0.25) is 6.79 Å². The van der Waals surface area contributed by atoms with E-state index < -0.39 is 0 Å². The molecule has 0 unspecified atom stereocenters. The van der Waals surface area contributed by atoms with Crippen molar-refractivity contribution in [2.24, 2.45) is 0 Å². The van der Waals surface area contributed by atoms with Crippen molar-refractivity contribution in [1.82, 2.24) is 4.98 Å². The van der Waals surface area contributed by atoms with Crippen LogP contribution < -0.4 is 24.6 Å². The number of carbonyl (C=O) groups excluding carboxylic acids is 1. The molecule has 1 amide bonds. The van der Waals surface area contributed by atoms with Gasteiger partial charge in [0.25, 0.3) is 5.91 Å². The summed E-state index contributed by atoms with van der Waals surface area (Å²) < 4.78 is 11.9. The molecule has 0 radical (unpaired) electrons. The van der Waals surface area contributed by atoms with E-state index in [-0.39, 0.29) is 5.91 Å². The fourth-order valence-electron chi connectivity index (χ4n) is 3.97. The Kier molecular flexibility index (Phi) is 5.05. The van der Waals surface area contributed by atoms with Crippen LogP contribution in [0.5, 0.6) is 11.5 Å². The molecule has 5 rings (SSSR count). The third kappa shape index (κ3) is 4.19. The number of rotatable bonds is 5. The highest BCUT2D eigenvalue weighted by Crippen LogP contribution is 2.32. The molecule has 1 aromatic heterocycles. The second kappa shape index (κ2) is 7.98. The third-order valence-electron chi connectivity index (χ3n) is 5.51. The van der Waals surface area contributed by atoms with Crippen molar-refractivity contribution in [3.05, 3.63) is 48.0 Å². The first-order chi connectivity index (χ1) is 14.2. The number of ether oxygens (including phenoxy) is 2. The number of hydrogen-bond donors (Lipinski definition) is 3. The van der Waals surface area contributed by atoms with Gasteiger partial charge in [0, 0.05) is 5.56 Å². The summed E-state index contributed by atoms with van der Waals surface area (Å²) >= 11 is 1.52. The Bertz CT molecular complexity index is 997. The molecule has 3 N–H and O–H groups in total. The standard InChI is InChI=1S/C21H22N4O3S/c26-20(23-21-22-16-3-1-2-4-19(16)29-21)13-25-9-7-24(8-10-25)12-15-5-6-17-18(11-15)28-14-27-17/h1-6,11H,7-10,12-14H2,(H,22,23,26)/p+2. The van der Waals surface area contributed by atoms with E-state index in [9.17, 15) is 4.79 Å². The minimum atomic E-state index is 0.0401. The molecular formula is C21H24N4O3S+2. The number of carbonyl (C=O) groups is 1. The number of quaternary nitrogens is 2. The monoisotopic (exact) mass is 412 g/mol. The van der Waals surface area contributed by atoms with E-state index in [4.69, 9.17) is 9.47 Å². The Morgan fingerprint density at radius 1 is 1.03 bits per heavy atom. The van der Waals surface area contributed by atoms with Gasteiger partial charge in [0.15, 0.2) is 23.2 Å². The fraction of sp³-hybridized carbons (Fsp3) is 0.333. The maximum absolute atomic E-state index is 12.4. The molecule has 7 nitrogen and oxygen atoms in total. The number of anilines is 1. The highest BCUT2D eigenvalue weighted by atomic mass is 32.1. The second-order valence-corrected chi connectivity index (χ2v) is 8.61. The molecule has 2 aliphatic heterocycles. The van der Waals surface area contributed by atoms with Crippen molar-refractivity contribution in [3.8, 4) is 11.5 Å². The largest absolute Gasteiger partial charge is 0.454 e. The molecule has 2 aliphatic rings. The Hall–Kier alpha value is -2.68. The number of amides is 1. The van der Waals surface area contributed by atoms with Crippen LogP contribution in [0.25, 0.3) is 10.2 Å². The molecule has 0 bridgehead atoms. The molecule has 0 atom stereocenters. The van der Waals surface area contributed by atoms with Crippen LogP contribution in [0.1, 0.15) is 5.56 Å². The van der Waals surface area contributed by atoms with E-state index in [2.05, 4.69) is 22.4 Å². The number of piperazine rings is 1. The minimum absolute atomic E-state index is 0.0401. The Morgan fingerprint density at radius 2 is 1.83 bits per heavy atom. The normalized spacial score (nSPS) is 20.7. The van der Waals surface area contributed by atoms with Gasteiger partial charge in [-0.25, -0.2) is 4.98 Å². The molecular weight excluding hydrogens is 388 g/mol. The van der Waals surface area contributed by atoms with E-state index in [0.29, 0.717) is 18.5 Å². The van der Waals surface area contributed by atoms with Gasteiger partial charge in [-0.1, -0.05) is 23.5 Å². The third-order valence-corrected chi connectivity index (χ3v) is 6.46. The quantitative estimate of drug-likeness (QED) is 0.550. The molecule has 0 saturated carbocycles. The average Bonchev–Trinajstić information content (AvgIpc) is 3.35. The summed E-state index contributed by atoms with van der Waals surface area (Å²) in [6.07, 6.45) is 0. The van der Waals surface area contributed by atoms with E-state index >= 15 is 0 Å². The lowest BCUT2D eigenvalue weighted by molar-refractivity contribution is -1.02. The van der Waals surface area contributed by atoms with Gasteiger partial charge >= 0.3 is 0 Å². The first-order valence-electron chi connectivity index (χ1n) is 9.94. The Morgan fingerprint density at radius 3 is 2.69 bits per heavy atom. The van der Waals surface area contributed by atoms with Gasteiger partial charge in [-0.05, 0) is 30.3 Å². The number of hydrogen-bond acceptors (Lipinski definition) is 5. The van der Waals surface area contributed by atoms with Crippen molar-refractivity contribution in [3.63, 3.8) is 0 Å². The Balaban J connectivity index is 1.10. The second-order valence-electron chi connectivity index (χ2n) is 7.58. The zero-order valence-electron chi connectivity index (χ0n) is 16.1. The van der Waals surface area contributed by atoms with E-state index in [1.54, 1.807) is 4.90 Å². The average molecular weight is 413 g/mol. The van der Waals surface area contributed by atoms with E-state index in [1.165, 1.54) is 21.8 Å². The van der Waals surface area contributed by atoms with Crippen molar-refractivity contribution >= 4 is 32.6 Å². The van der Waals surface area contributed by atoms with Crippen molar-refractivity contribution < 1.29 is 24.1 Å². The molecule has 3 heterocycles. The molecule has 2 aromatic carbocycles. The molecule has 1 fully saturated rings. The SMILES string of the molecule is O=C(C[NH+]1CC[NH+](Cc2ccc3c(c2)OCO3)CC1)Nc1nc2ccccc2s1. The lowest BCUT2D eigenvalue weighted by atomic mass is 10.1. The molecule has 0 spiro atoms. The Labute approximate surface area is 172 Å². The summed E-state index contributed by atoms with van der Waals surface area (Å²) in [5.41, 5.74) is 2.20. The van der Waals surface area contributed by atoms with Crippen molar-refractivity contribution in [2.45, 2.75) is 6.54 Å². The summed E-state index contributed by atoms with van der Waals surface area (Å²) in [6, 6.07) is 14.1. The zero-order chi connectivity index (χ0) is 19.6. The van der Waals surface area contributed by atoms with Gasteiger partial charge in [0.05, 0.1) is 10.2 Å². The number of thiazole rings is 1. The van der Waals surface area contributed by atoms with E-state index in [1.807, 2.05) is 30.3 Å². The van der Waals surface area contributed by atoms with Crippen LogP contribution in [-0.4, -0.2) is 50.4 Å². The lowest BCUT2D eigenvalue weighted by Crippen LogP contribution is -3.28. The van der Waals surface area contributed by atoms with Crippen molar-refractivity contribution in [1.29, 1.82) is 0 Å². The summed E-state index contributed by atoms with van der Waals surface area (Å²) in [5.74, 6) is 1.72. The maximum Gasteiger partial charge on any atom is 0.281 e. The van der Waals surface area contributed by atoms with Crippen LogP contribution in [0.3, 0.4) is 0 Å². The van der Waals surface area contributed by atoms with Gasteiger partial charge in [-0.15, -0.1) is 0 Å². The number of aromatic nitrogens is 1. The number of nitrogens with one attached hydrogen (secondary N) is 3. The molecule has 29 heavy (non-hydrogen) atoms. The molecule has 8 heteroatoms. The maximum atomic E-state index is 12.4. The van der Waals surface area contributed by atoms with Gasteiger partial charge in [-0.2, -0.15) is 0 Å². The van der Waals surface area contributed by atoms with Crippen LogP contribution >= 0.6 is 11.3 Å². The molecule has 150 valence electrons. The van der Waals surface area contributed by atoms with Crippen LogP contribution in [-0.2, 0) is 11.3 Å². The first-order valence-corrected chi connectivity index (χ1v) is 10.8. The summed E-state index contributed by atoms with van der Waals surface area (Å²) in [7, 11) is 0. The van der Waals surface area contributed by atoms with Gasteiger partial charge in [0.1, 0.15) is 32.7 Å². The van der Waals surface area contributed by atoms with Crippen molar-refractivity contribution in [2.75, 3.05) is 44.8 Å². The molecule has 3 aromatic rings. The number of fused-ring (bicyclic) bond motifs is 2. The summed E-state index contributed by atoms with van der Waals surface area (Å²) in [5, 5.41) is 3.65. The topological polar surface area (TPSA) is 69.3 Å². The van der Waals surface area contributed by atoms with Crippen LogP contribution in [0.4, 0.5) is 5.13 Å². The number of benzene rings is 2. The summed E-state index contributed by atoms with van der Waals surface area (Å²) in [6.45, 7) is 5.87. The number of nitrogens with zero attached hydrogens (tertiary/aromatic N) is 1. The van der Waals surface area contributed by atoms with Crippen LogP contribution in [0, 0.1) is 0 Å². The zero-order valence-corrected chi connectivity index (χ0v) is 16.9. The van der Waals surface area contributed by atoms with E-state index in [0.717, 1.165) is 54.4 Å². The predicted molar refractivity (Wildman–Crippen MR) is 111 cm³/mol. The highest BCUT2D eigenvalue weighted by molar-refractivity contribution is 7.22. The van der Waals surface area contributed by atoms with Crippen LogP contribution in [0.2, 0.25) is 0 Å². The van der Waals surface area contributed by atoms with Gasteiger partial charge in [-0.3, -0.25) is 10.1 Å². The lowest BCUT2D eigenvalue weighted by Gasteiger charge is -2.29. The highest BCUT2D eigenvalue weighted by Gasteiger charge is 2.26. The molecule has 1 saturated heterocycles. The predicted octanol–water partition coefficient (Wildman–Crippen LogP) is -0.0529. The smallest absolute Gasteiger partial charge is 0.281 e. The van der Waals surface area contributed by atoms with Gasteiger partial charge < -0.3 is 19.3 Å². The number of para-hydroxylation sites is 1.